The normalized spacial score (nSPS) is 28.3. The first-order valence-corrected chi connectivity index (χ1v) is 12.2. The third kappa shape index (κ3) is 7.14. The predicted octanol–water partition coefficient (Wildman–Crippen LogP) is 8.22. The van der Waals surface area contributed by atoms with E-state index in [1.807, 2.05) is 13.0 Å². The van der Waals surface area contributed by atoms with Crippen molar-refractivity contribution < 1.29 is 4.74 Å². The van der Waals surface area contributed by atoms with Crippen molar-refractivity contribution in [3.05, 3.63) is 59.7 Å². The average molecular weight is 395 g/mol. The quantitative estimate of drug-likeness (QED) is 0.303. The molecule has 1 aromatic rings. The molecule has 0 atom stereocenters. The summed E-state index contributed by atoms with van der Waals surface area (Å²) >= 11 is 0. The molecule has 0 saturated heterocycles. The predicted molar refractivity (Wildman–Crippen MR) is 125 cm³/mol. The zero-order chi connectivity index (χ0) is 20.3. The van der Waals surface area contributed by atoms with Crippen LogP contribution in [-0.2, 0) is 11.3 Å². The topological polar surface area (TPSA) is 9.23 Å². The van der Waals surface area contributed by atoms with Crippen molar-refractivity contribution in [2.45, 2.75) is 90.6 Å². The Hall–Kier alpha value is -1.34. The molecule has 2 fully saturated rings. The Morgan fingerprint density at radius 2 is 1.52 bits per heavy atom. The van der Waals surface area contributed by atoms with Gasteiger partial charge in [0, 0.05) is 0 Å². The van der Waals surface area contributed by atoms with Crippen LogP contribution in [0.4, 0.5) is 0 Å². The lowest BCUT2D eigenvalue weighted by molar-refractivity contribution is 0.148. The second-order valence-corrected chi connectivity index (χ2v) is 9.33. The molecule has 1 aromatic carbocycles. The van der Waals surface area contributed by atoms with E-state index in [2.05, 4.69) is 49.4 Å². The lowest BCUT2D eigenvalue weighted by Gasteiger charge is -2.37. The Kier molecular flexibility index (Phi) is 9.54. The molecule has 3 rings (SSSR count). The van der Waals surface area contributed by atoms with Crippen LogP contribution in [0.15, 0.2) is 48.6 Å². The molecule has 2 aliphatic rings. The summed E-state index contributed by atoms with van der Waals surface area (Å²) in [4.78, 5) is 0. The van der Waals surface area contributed by atoms with Crippen LogP contribution in [0.5, 0.6) is 0 Å². The molecule has 0 unspecified atom stereocenters. The van der Waals surface area contributed by atoms with Crippen LogP contribution in [0.1, 0.15) is 95.1 Å². The molecule has 1 heteroatoms. The van der Waals surface area contributed by atoms with E-state index in [9.17, 15) is 0 Å². The minimum atomic E-state index is 0.708. The van der Waals surface area contributed by atoms with Crippen molar-refractivity contribution in [3.8, 4) is 0 Å². The third-order valence-electron chi connectivity index (χ3n) is 7.29. The fourth-order valence-corrected chi connectivity index (χ4v) is 5.42. The Morgan fingerprint density at radius 3 is 2.14 bits per heavy atom. The van der Waals surface area contributed by atoms with Crippen LogP contribution in [0, 0.1) is 17.8 Å². The maximum absolute atomic E-state index is 5.67. The summed E-state index contributed by atoms with van der Waals surface area (Å²) in [5, 5.41) is 0. The number of ether oxygens (including phenoxy) is 1. The van der Waals surface area contributed by atoms with Crippen molar-refractivity contribution in [2.24, 2.45) is 17.8 Å². The summed E-state index contributed by atoms with van der Waals surface area (Å²) < 4.78 is 5.67. The van der Waals surface area contributed by atoms with Gasteiger partial charge in [0.1, 0.15) is 0 Å². The molecule has 0 spiro atoms. The molecule has 1 nitrogen and oxygen atoms in total. The molecular formula is C28H42O. The first-order chi connectivity index (χ1) is 14.3. The number of benzene rings is 1. The summed E-state index contributed by atoms with van der Waals surface area (Å²) in [6.07, 6.45) is 23.0. The molecular weight excluding hydrogens is 352 g/mol. The number of rotatable bonds is 9. The average Bonchev–Trinajstić information content (AvgIpc) is 2.78. The van der Waals surface area contributed by atoms with Gasteiger partial charge in [0.25, 0.3) is 0 Å². The zero-order valence-corrected chi connectivity index (χ0v) is 18.8. The van der Waals surface area contributed by atoms with E-state index >= 15 is 0 Å². The van der Waals surface area contributed by atoms with Gasteiger partial charge >= 0.3 is 0 Å². The Labute approximate surface area is 179 Å². The monoisotopic (exact) mass is 394 g/mol. The van der Waals surface area contributed by atoms with Gasteiger partial charge in [0.05, 0.1) is 13.2 Å². The molecule has 2 saturated carbocycles. The number of allylic oxidation sites excluding steroid dienone is 3. The summed E-state index contributed by atoms with van der Waals surface area (Å²) in [6, 6.07) is 9.25. The number of hydrogen-bond donors (Lipinski definition) is 0. The fraction of sp³-hybridized carbons (Fsp3) is 0.643. The standard InChI is InChI=1S/C28H42O/c1-3-5-7-8-23-9-13-25(14-10-23)27-17-19-28(20-18-27)26-15-11-24(12-16-26)22-29-21-6-4-2/h4,6-8,11-12,15-16,23,25,27-28H,3,5,9-10,13-14,17-22H2,1-2H3/b6-4+,8-7+/t23-,25-,27?,28?. The highest BCUT2D eigenvalue weighted by Crippen LogP contribution is 2.44. The van der Waals surface area contributed by atoms with Crippen LogP contribution in [0.2, 0.25) is 0 Å². The van der Waals surface area contributed by atoms with Crippen molar-refractivity contribution in [1.82, 2.24) is 0 Å². The second-order valence-electron chi connectivity index (χ2n) is 9.33. The summed E-state index contributed by atoms with van der Waals surface area (Å²) in [6.45, 7) is 5.73. The molecule has 0 heterocycles. The van der Waals surface area contributed by atoms with Gasteiger partial charge in [-0.3, -0.25) is 0 Å². The summed E-state index contributed by atoms with van der Waals surface area (Å²) in [7, 11) is 0. The Morgan fingerprint density at radius 1 is 0.862 bits per heavy atom. The van der Waals surface area contributed by atoms with E-state index in [4.69, 9.17) is 4.74 Å². The van der Waals surface area contributed by atoms with E-state index in [1.54, 1.807) is 5.56 Å². The van der Waals surface area contributed by atoms with E-state index in [1.165, 1.54) is 69.8 Å². The number of hydrogen-bond acceptors (Lipinski definition) is 1. The molecule has 0 aromatic heterocycles. The van der Waals surface area contributed by atoms with Crippen LogP contribution in [0.25, 0.3) is 0 Å². The van der Waals surface area contributed by atoms with E-state index in [-0.39, 0.29) is 0 Å². The molecule has 0 aliphatic heterocycles. The maximum atomic E-state index is 5.67. The van der Waals surface area contributed by atoms with Crippen LogP contribution in [-0.4, -0.2) is 6.61 Å². The highest BCUT2D eigenvalue weighted by Gasteiger charge is 2.30. The largest absolute Gasteiger partial charge is 0.373 e. The SMILES string of the molecule is C/C=C/COCc1ccc(C2CCC([C@H]3CC[C@H](/C=C/CCC)CC3)CC2)cc1. The van der Waals surface area contributed by atoms with E-state index < -0.39 is 0 Å². The molecule has 0 N–H and O–H groups in total. The molecule has 2 aliphatic carbocycles. The molecule has 29 heavy (non-hydrogen) atoms. The zero-order valence-electron chi connectivity index (χ0n) is 18.8. The molecule has 0 radical (unpaired) electrons. The van der Waals surface area contributed by atoms with Crippen molar-refractivity contribution in [1.29, 1.82) is 0 Å². The van der Waals surface area contributed by atoms with Gasteiger partial charge in [-0.05, 0) is 99.5 Å². The molecule has 0 amide bonds. The van der Waals surface area contributed by atoms with Crippen molar-refractivity contribution in [2.75, 3.05) is 6.61 Å². The van der Waals surface area contributed by atoms with Crippen LogP contribution in [0.3, 0.4) is 0 Å². The minimum absolute atomic E-state index is 0.708. The van der Waals surface area contributed by atoms with E-state index in [0.717, 1.165) is 23.7 Å². The lowest BCUT2D eigenvalue weighted by Crippen LogP contribution is -2.25. The highest BCUT2D eigenvalue weighted by molar-refractivity contribution is 5.25. The van der Waals surface area contributed by atoms with Gasteiger partial charge in [-0.15, -0.1) is 0 Å². The van der Waals surface area contributed by atoms with Crippen molar-refractivity contribution >= 4 is 0 Å². The summed E-state index contributed by atoms with van der Waals surface area (Å²) in [5.41, 5.74) is 2.84. The van der Waals surface area contributed by atoms with Crippen LogP contribution < -0.4 is 0 Å². The molecule has 0 bridgehead atoms. The van der Waals surface area contributed by atoms with Crippen LogP contribution >= 0.6 is 0 Å². The minimum Gasteiger partial charge on any atom is -0.373 e. The first kappa shape index (κ1) is 22.3. The van der Waals surface area contributed by atoms with E-state index in [0.29, 0.717) is 13.2 Å². The number of unbranched alkanes of at least 4 members (excludes halogenated alkanes) is 1. The Balaban J connectivity index is 1.39. The molecule has 160 valence electrons. The first-order valence-electron chi connectivity index (χ1n) is 12.2. The smallest absolute Gasteiger partial charge is 0.0721 e. The van der Waals surface area contributed by atoms with Gasteiger partial charge in [0.15, 0.2) is 0 Å². The van der Waals surface area contributed by atoms with Gasteiger partial charge in [-0.1, -0.05) is 61.9 Å². The van der Waals surface area contributed by atoms with Gasteiger partial charge in [0.2, 0.25) is 0 Å². The van der Waals surface area contributed by atoms with Gasteiger partial charge in [-0.25, -0.2) is 0 Å². The second kappa shape index (κ2) is 12.4. The highest BCUT2D eigenvalue weighted by atomic mass is 16.5. The summed E-state index contributed by atoms with van der Waals surface area (Å²) in [5.74, 6) is 3.64. The fourth-order valence-electron chi connectivity index (χ4n) is 5.42. The van der Waals surface area contributed by atoms with Crippen molar-refractivity contribution in [3.63, 3.8) is 0 Å². The van der Waals surface area contributed by atoms with Gasteiger partial charge < -0.3 is 4.74 Å². The van der Waals surface area contributed by atoms with Gasteiger partial charge in [-0.2, -0.15) is 0 Å². The third-order valence-corrected chi connectivity index (χ3v) is 7.29. The Bertz CT molecular complexity index is 610. The lowest BCUT2D eigenvalue weighted by atomic mass is 9.68. The maximum Gasteiger partial charge on any atom is 0.0721 e.